The van der Waals surface area contributed by atoms with E-state index < -0.39 is 0 Å². The molecule has 2 amide bonds. The Hall–Kier alpha value is -2.11. The molecule has 0 aliphatic heterocycles. The van der Waals surface area contributed by atoms with Gasteiger partial charge in [-0.3, -0.25) is 14.3 Å². The van der Waals surface area contributed by atoms with Crippen molar-refractivity contribution in [3.63, 3.8) is 0 Å². The van der Waals surface area contributed by atoms with Crippen molar-refractivity contribution in [2.45, 2.75) is 46.7 Å². The summed E-state index contributed by atoms with van der Waals surface area (Å²) in [6.07, 6.45) is 3.62. The summed E-state index contributed by atoms with van der Waals surface area (Å²) >= 11 is 0. The van der Waals surface area contributed by atoms with E-state index in [4.69, 9.17) is 0 Å². The maximum Gasteiger partial charge on any atom is 0.257 e. The highest BCUT2D eigenvalue weighted by Gasteiger charge is 2.23. The molecular weight excluding hydrogens is 292 g/mol. The predicted octanol–water partition coefficient (Wildman–Crippen LogP) is 1.86. The van der Waals surface area contributed by atoms with Crippen molar-refractivity contribution in [2.24, 2.45) is 5.92 Å². The zero-order valence-electron chi connectivity index (χ0n) is 14.8. The van der Waals surface area contributed by atoms with Crippen LogP contribution in [0.15, 0.2) is 18.9 Å². The number of hydrogen-bond donors (Lipinski definition) is 1. The van der Waals surface area contributed by atoms with Gasteiger partial charge in [0.25, 0.3) is 5.91 Å². The van der Waals surface area contributed by atoms with Crippen molar-refractivity contribution < 1.29 is 9.59 Å². The van der Waals surface area contributed by atoms with Crippen LogP contribution in [0.5, 0.6) is 0 Å². The van der Waals surface area contributed by atoms with Crippen LogP contribution < -0.4 is 5.32 Å². The topological polar surface area (TPSA) is 67.2 Å². The molecule has 0 spiro atoms. The second-order valence-corrected chi connectivity index (χ2v) is 6.15. The number of nitrogens with zero attached hydrogens (tertiary/aromatic N) is 3. The van der Waals surface area contributed by atoms with Crippen molar-refractivity contribution >= 4 is 11.8 Å². The van der Waals surface area contributed by atoms with Gasteiger partial charge in [-0.25, -0.2) is 0 Å². The zero-order valence-corrected chi connectivity index (χ0v) is 14.8. The van der Waals surface area contributed by atoms with E-state index >= 15 is 0 Å². The van der Waals surface area contributed by atoms with E-state index in [1.807, 2.05) is 18.5 Å². The third kappa shape index (κ3) is 4.94. The third-order valence-corrected chi connectivity index (χ3v) is 3.79. The van der Waals surface area contributed by atoms with Crippen molar-refractivity contribution in [1.82, 2.24) is 20.0 Å². The highest BCUT2D eigenvalue weighted by Crippen LogP contribution is 2.15. The first-order valence-electron chi connectivity index (χ1n) is 8.03. The minimum absolute atomic E-state index is 0.0720. The largest absolute Gasteiger partial charge is 0.351 e. The van der Waals surface area contributed by atoms with E-state index in [1.165, 1.54) is 6.08 Å². The van der Waals surface area contributed by atoms with Crippen LogP contribution >= 0.6 is 0 Å². The van der Waals surface area contributed by atoms with Crippen molar-refractivity contribution in [3.8, 4) is 0 Å². The van der Waals surface area contributed by atoms with E-state index in [2.05, 4.69) is 30.8 Å². The van der Waals surface area contributed by atoms with Crippen molar-refractivity contribution in [3.05, 3.63) is 30.1 Å². The first kappa shape index (κ1) is 18.9. The highest BCUT2D eigenvalue weighted by molar-refractivity contribution is 5.95. The van der Waals surface area contributed by atoms with Crippen LogP contribution in [0.3, 0.4) is 0 Å². The van der Waals surface area contributed by atoms with Crippen LogP contribution in [0.1, 0.15) is 43.7 Å². The maximum absolute atomic E-state index is 12.7. The standard InChI is InChI=1S/C17H28N4O2/c1-7-15-14(10-19-21(15)11-12(3)4)17(23)20(6)13(5)9-18-16(22)8-2/h8,10,12-13H,2,7,9,11H2,1,3-6H3,(H,18,22). The molecule has 1 unspecified atom stereocenters. The van der Waals surface area contributed by atoms with Crippen LogP contribution in [-0.2, 0) is 17.8 Å². The average molecular weight is 320 g/mol. The first-order valence-corrected chi connectivity index (χ1v) is 8.03. The second-order valence-electron chi connectivity index (χ2n) is 6.15. The molecule has 0 fully saturated rings. The van der Waals surface area contributed by atoms with Crippen LogP contribution in [0.4, 0.5) is 0 Å². The molecular formula is C17H28N4O2. The molecule has 0 aliphatic carbocycles. The fourth-order valence-electron chi connectivity index (χ4n) is 2.31. The average Bonchev–Trinajstić information content (AvgIpc) is 2.92. The van der Waals surface area contributed by atoms with E-state index in [9.17, 15) is 9.59 Å². The van der Waals surface area contributed by atoms with E-state index in [0.29, 0.717) is 18.0 Å². The number of amides is 2. The summed E-state index contributed by atoms with van der Waals surface area (Å²) < 4.78 is 1.91. The fraction of sp³-hybridized carbons (Fsp3) is 0.588. The molecule has 0 aliphatic rings. The molecule has 0 saturated heterocycles. The van der Waals surface area contributed by atoms with Gasteiger partial charge in [-0.15, -0.1) is 0 Å². The molecule has 128 valence electrons. The summed E-state index contributed by atoms with van der Waals surface area (Å²) in [4.78, 5) is 25.6. The van der Waals surface area contributed by atoms with Gasteiger partial charge < -0.3 is 10.2 Å². The Bertz CT molecular complexity index is 563. The zero-order chi connectivity index (χ0) is 17.6. The molecule has 1 heterocycles. The minimum Gasteiger partial charge on any atom is -0.351 e. The Morgan fingerprint density at radius 1 is 1.43 bits per heavy atom. The lowest BCUT2D eigenvalue weighted by atomic mass is 10.1. The lowest BCUT2D eigenvalue weighted by Crippen LogP contribution is -2.43. The monoisotopic (exact) mass is 320 g/mol. The number of nitrogens with one attached hydrogen (secondary N) is 1. The molecule has 1 aromatic rings. The summed E-state index contributed by atoms with van der Waals surface area (Å²) in [5, 5.41) is 7.07. The SMILES string of the molecule is C=CC(=O)NCC(C)N(C)C(=O)c1cnn(CC(C)C)c1CC. The molecule has 1 atom stereocenters. The van der Waals surface area contributed by atoms with Gasteiger partial charge in [0, 0.05) is 26.2 Å². The molecule has 0 radical (unpaired) electrons. The van der Waals surface area contributed by atoms with Crippen molar-refractivity contribution in [2.75, 3.05) is 13.6 Å². The first-order chi connectivity index (χ1) is 10.8. The molecule has 0 aromatic carbocycles. The highest BCUT2D eigenvalue weighted by atomic mass is 16.2. The summed E-state index contributed by atoms with van der Waals surface area (Å²) in [6, 6.07) is -0.121. The van der Waals surface area contributed by atoms with E-state index in [-0.39, 0.29) is 17.9 Å². The number of likely N-dealkylation sites (N-methyl/N-ethyl adjacent to an activating group) is 1. The van der Waals surface area contributed by atoms with Gasteiger partial charge in [-0.1, -0.05) is 27.4 Å². The minimum atomic E-state index is -0.239. The normalized spacial score (nSPS) is 12.1. The maximum atomic E-state index is 12.7. The smallest absolute Gasteiger partial charge is 0.257 e. The fourth-order valence-corrected chi connectivity index (χ4v) is 2.31. The molecule has 23 heavy (non-hydrogen) atoms. The van der Waals surface area contributed by atoms with E-state index in [1.54, 1.807) is 18.1 Å². The second kappa shape index (κ2) is 8.50. The number of aromatic nitrogens is 2. The Morgan fingerprint density at radius 3 is 2.61 bits per heavy atom. The number of hydrogen-bond acceptors (Lipinski definition) is 3. The summed E-state index contributed by atoms with van der Waals surface area (Å²) in [5.41, 5.74) is 1.59. The Balaban J connectivity index is 2.85. The Labute approximate surface area is 138 Å². The molecule has 1 N–H and O–H groups in total. The third-order valence-electron chi connectivity index (χ3n) is 3.79. The lowest BCUT2D eigenvalue weighted by molar-refractivity contribution is -0.116. The van der Waals surface area contributed by atoms with Gasteiger partial charge in [0.1, 0.15) is 0 Å². The summed E-state index contributed by atoms with van der Waals surface area (Å²) in [6.45, 7) is 12.8. The molecule has 0 saturated carbocycles. The van der Waals surface area contributed by atoms with Crippen LogP contribution in [0, 0.1) is 5.92 Å². The van der Waals surface area contributed by atoms with Gasteiger partial charge >= 0.3 is 0 Å². The predicted molar refractivity (Wildman–Crippen MR) is 91.2 cm³/mol. The Morgan fingerprint density at radius 2 is 2.09 bits per heavy atom. The van der Waals surface area contributed by atoms with Gasteiger partial charge in [-0.2, -0.15) is 5.10 Å². The molecule has 0 bridgehead atoms. The van der Waals surface area contributed by atoms with Crippen LogP contribution in [0.2, 0.25) is 0 Å². The lowest BCUT2D eigenvalue weighted by Gasteiger charge is -2.25. The summed E-state index contributed by atoms with van der Waals surface area (Å²) in [5.74, 6) is 0.155. The van der Waals surface area contributed by atoms with Gasteiger partial charge in [0.05, 0.1) is 17.5 Å². The number of rotatable bonds is 8. The van der Waals surface area contributed by atoms with E-state index in [0.717, 1.165) is 18.7 Å². The summed E-state index contributed by atoms with van der Waals surface area (Å²) in [7, 11) is 1.74. The number of carbonyl (C=O) groups excluding carboxylic acids is 2. The quantitative estimate of drug-likeness (QED) is 0.744. The molecule has 1 aromatic heterocycles. The van der Waals surface area contributed by atoms with Crippen LogP contribution in [0.25, 0.3) is 0 Å². The molecule has 1 rings (SSSR count). The van der Waals surface area contributed by atoms with Crippen molar-refractivity contribution in [1.29, 1.82) is 0 Å². The van der Waals surface area contributed by atoms with Gasteiger partial charge in [-0.05, 0) is 25.3 Å². The molecule has 6 nitrogen and oxygen atoms in total. The van der Waals surface area contributed by atoms with Crippen LogP contribution in [-0.4, -0.2) is 46.1 Å². The van der Waals surface area contributed by atoms with Gasteiger partial charge in [0.15, 0.2) is 0 Å². The molecule has 6 heteroatoms. The van der Waals surface area contributed by atoms with Gasteiger partial charge in [0.2, 0.25) is 5.91 Å². The Kier molecular flexibility index (Phi) is 7.00. The number of carbonyl (C=O) groups is 2.